The van der Waals surface area contributed by atoms with Crippen molar-refractivity contribution in [1.29, 1.82) is 0 Å². The van der Waals surface area contributed by atoms with Gasteiger partial charge in [-0.05, 0) is 17.7 Å². The van der Waals surface area contributed by atoms with Gasteiger partial charge in [0.2, 0.25) is 5.88 Å². The topological polar surface area (TPSA) is 75.2 Å². The van der Waals surface area contributed by atoms with E-state index in [1.807, 2.05) is 66.9 Å². The van der Waals surface area contributed by atoms with Crippen molar-refractivity contribution in [2.24, 2.45) is 5.10 Å². The van der Waals surface area contributed by atoms with Crippen molar-refractivity contribution in [2.75, 3.05) is 5.43 Å². The number of para-hydroxylation sites is 1. The standard InChI is InChI=1S/C20H17N5O/c1-3-7-15(8-4-1)13-26-20-18-16(11-21-19(18)22-14-23-20)12-24-25-17-9-5-2-6-10-17/h1-12,14,25H,13H2,(H,21,22,23)/b24-12+. The molecule has 2 aromatic carbocycles. The minimum absolute atomic E-state index is 0.441. The second-order valence-corrected chi connectivity index (χ2v) is 5.66. The summed E-state index contributed by atoms with van der Waals surface area (Å²) >= 11 is 0. The maximum Gasteiger partial charge on any atom is 0.227 e. The van der Waals surface area contributed by atoms with Gasteiger partial charge in [0.25, 0.3) is 0 Å². The molecule has 2 N–H and O–H groups in total. The van der Waals surface area contributed by atoms with Gasteiger partial charge < -0.3 is 9.72 Å². The van der Waals surface area contributed by atoms with Crippen LogP contribution in [0.5, 0.6) is 5.88 Å². The van der Waals surface area contributed by atoms with E-state index in [-0.39, 0.29) is 0 Å². The van der Waals surface area contributed by atoms with Crippen molar-refractivity contribution >= 4 is 22.9 Å². The Morgan fingerprint density at radius 3 is 2.58 bits per heavy atom. The van der Waals surface area contributed by atoms with Gasteiger partial charge in [0.05, 0.1) is 17.3 Å². The van der Waals surface area contributed by atoms with Crippen LogP contribution < -0.4 is 10.2 Å². The zero-order chi connectivity index (χ0) is 17.6. The average molecular weight is 343 g/mol. The maximum atomic E-state index is 5.92. The number of benzene rings is 2. The van der Waals surface area contributed by atoms with Crippen LogP contribution in [0.1, 0.15) is 11.1 Å². The van der Waals surface area contributed by atoms with E-state index in [0.29, 0.717) is 18.1 Å². The molecular formula is C20H17N5O. The first kappa shape index (κ1) is 15.8. The Balaban J connectivity index is 1.56. The lowest BCUT2D eigenvalue weighted by molar-refractivity contribution is 0.297. The predicted octanol–water partition coefficient (Wildman–Crippen LogP) is 3.98. The Morgan fingerprint density at radius 1 is 1.00 bits per heavy atom. The van der Waals surface area contributed by atoms with Gasteiger partial charge in [0.15, 0.2) is 0 Å². The zero-order valence-corrected chi connectivity index (χ0v) is 14.0. The first-order valence-corrected chi connectivity index (χ1v) is 8.23. The number of fused-ring (bicyclic) bond motifs is 1. The SMILES string of the molecule is C(=N\Nc1ccccc1)/c1c[nH]c2ncnc(OCc3ccccc3)c12. The molecule has 26 heavy (non-hydrogen) atoms. The molecule has 0 aliphatic heterocycles. The Hall–Kier alpha value is -3.67. The fraction of sp³-hybridized carbons (Fsp3) is 0.0500. The number of rotatable bonds is 6. The number of hydrogen-bond acceptors (Lipinski definition) is 5. The largest absolute Gasteiger partial charge is 0.472 e. The molecule has 4 aromatic rings. The summed E-state index contributed by atoms with van der Waals surface area (Å²) < 4.78 is 5.92. The fourth-order valence-corrected chi connectivity index (χ4v) is 2.58. The van der Waals surface area contributed by atoms with Gasteiger partial charge in [-0.1, -0.05) is 48.5 Å². The molecule has 0 radical (unpaired) electrons. The second kappa shape index (κ2) is 7.48. The lowest BCUT2D eigenvalue weighted by Gasteiger charge is -2.06. The van der Waals surface area contributed by atoms with Gasteiger partial charge in [0, 0.05) is 11.8 Å². The van der Waals surface area contributed by atoms with Crippen LogP contribution in [0, 0.1) is 0 Å². The Kier molecular flexibility index (Phi) is 4.56. The third-order valence-corrected chi connectivity index (χ3v) is 3.86. The summed E-state index contributed by atoms with van der Waals surface area (Å²) in [5, 5.41) is 5.09. The van der Waals surface area contributed by atoms with Gasteiger partial charge in [-0.25, -0.2) is 9.97 Å². The summed E-state index contributed by atoms with van der Waals surface area (Å²) in [6, 6.07) is 19.7. The molecule has 6 nitrogen and oxygen atoms in total. The summed E-state index contributed by atoms with van der Waals surface area (Å²) in [7, 11) is 0. The molecule has 0 aliphatic carbocycles. The number of aromatic nitrogens is 3. The molecule has 2 heterocycles. The zero-order valence-electron chi connectivity index (χ0n) is 14.0. The van der Waals surface area contributed by atoms with E-state index in [9.17, 15) is 0 Å². The monoisotopic (exact) mass is 343 g/mol. The quantitative estimate of drug-likeness (QED) is 0.410. The average Bonchev–Trinajstić information content (AvgIpc) is 3.12. The van der Waals surface area contributed by atoms with Crippen LogP contribution in [0.4, 0.5) is 5.69 Å². The van der Waals surface area contributed by atoms with E-state index in [2.05, 4.69) is 25.5 Å². The van der Waals surface area contributed by atoms with Gasteiger partial charge in [-0.15, -0.1) is 0 Å². The van der Waals surface area contributed by atoms with Crippen LogP contribution in [0.15, 0.2) is 78.3 Å². The van der Waals surface area contributed by atoms with E-state index < -0.39 is 0 Å². The summed E-state index contributed by atoms with van der Waals surface area (Å²) in [6.45, 7) is 0.441. The molecule has 0 aliphatic rings. The van der Waals surface area contributed by atoms with Gasteiger partial charge in [-0.2, -0.15) is 5.10 Å². The lowest BCUT2D eigenvalue weighted by atomic mass is 10.2. The van der Waals surface area contributed by atoms with Gasteiger partial charge >= 0.3 is 0 Å². The third-order valence-electron chi connectivity index (χ3n) is 3.86. The van der Waals surface area contributed by atoms with Crippen LogP contribution in [-0.4, -0.2) is 21.2 Å². The summed E-state index contributed by atoms with van der Waals surface area (Å²) in [5.41, 5.74) is 6.56. The summed E-state index contributed by atoms with van der Waals surface area (Å²) in [6.07, 6.45) is 5.05. The Labute approximate surface area is 150 Å². The first-order valence-electron chi connectivity index (χ1n) is 8.23. The highest BCUT2D eigenvalue weighted by Crippen LogP contribution is 2.24. The number of aromatic amines is 1. The number of nitrogens with zero attached hydrogens (tertiary/aromatic N) is 3. The second-order valence-electron chi connectivity index (χ2n) is 5.66. The van der Waals surface area contributed by atoms with Gasteiger partial charge in [-0.3, -0.25) is 5.43 Å². The van der Waals surface area contributed by atoms with E-state index in [4.69, 9.17) is 4.74 Å². The number of nitrogens with one attached hydrogen (secondary N) is 2. The van der Waals surface area contributed by atoms with Crippen LogP contribution in [0.3, 0.4) is 0 Å². The van der Waals surface area contributed by atoms with Crippen LogP contribution in [-0.2, 0) is 6.61 Å². The number of hydrazone groups is 1. The Bertz CT molecular complexity index is 1010. The van der Waals surface area contributed by atoms with E-state index >= 15 is 0 Å². The van der Waals surface area contributed by atoms with Crippen molar-refractivity contribution in [2.45, 2.75) is 6.61 Å². The molecule has 0 saturated carbocycles. The van der Waals surface area contributed by atoms with E-state index in [1.165, 1.54) is 6.33 Å². The van der Waals surface area contributed by atoms with E-state index in [0.717, 1.165) is 22.2 Å². The van der Waals surface area contributed by atoms with Crippen molar-refractivity contribution in [3.05, 3.63) is 84.3 Å². The molecule has 6 heteroatoms. The van der Waals surface area contributed by atoms with E-state index in [1.54, 1.807) is 6.21 Å². The van der Waals surface area contributed by atoms with Crippen molar-refractivity contribution in [1.82, 2.24) is 15.0 Å². The lowest BCUT2D eigenvalue weighted by Crippen LogP contribution is -1.99. The Morgan fingerprint density at radius 2 is 1.77 bits per heavy atom. The molecule has 128 valence electrons. The number of anilines is 1. The summed E-state index contributed by atoms with van der Waals surface area (Å²) in [5.74, 6) is 0.529. The molecule has 4 rings (SSSR count). The van der Waals surface area contributed by atoms with Crippen molar-refractivity contribution in [3.63, 3.8) is 0 Å². The molecule has 0 bridgehead atoms. The molecule has 0 amide bonds. The molecule has 0 atom stereocenters. The normalized spacial score (nSPS) is 11.1. The molecule has 0 unspecified atom stereocenters. The predicted molar refractivity (Wildman–Crippen MR) is 102 cm³/mol. The van der Waals surface area contributed by atoms with Crippen LogP contribution >= 0.6 is 0 Å². The highest BCUT2D eigenvalue weighted by Gasteiger charge is 2.11. The highest BCUT2D eigenvalue weighted by atomic mass is 16.5. The maximum absolute atomic E-state index is 5.92. The first-order chi connectivity index (χ1) is 12.9. The van der Waals surface area contributed by atoms with Crippen molar-refractivity contribution in [3.8, 4) is 5.88 Å². The van der Waals surface area contributed by atoms with Crippen LogP contribution in [0.25, 0.3) is 11.0 Å². The molecule has 2 aromatic heterocycles. The highest BCUT2D eigenvalue weighted by molar-refractivity contribution is 6.00. The molecule has 0 spiro atoms. The minimum atomic E-state index is 0.441. The fourth-order valence-electron chi connectivity index (χ4n) is 2.58. The van der Waals surface area contributed by atoms with Gasteiger partial charge in [0.1, 0.15) is 18.6 Å². The molecular weight excluding hydrogens is 326 g/mol. The number of ether oxygens (including phenoxy) is 1. The minimum Gasteiger partial charge on any atom is -0.472 e. The smallest absolute Gasteiger partial charge is 0.227 e. The summed E-state index contributed by atoms with van der Waals surface area (Å²) in [4.78, 5) is 11.7. The molecule has 0 fully saturated rings. The molecule has 0 saturated heterocycles. The number of hydrogen-bond donors (Lipinski definition) is 2. The van der Waals surface area contributed by atoms with Crippen molar-refractivity contribution < 1.29 is 4.74 Å². The van der Waals surface area contributed by atoms with Crippen LogP contribution in [0.2, 0.25) is 0 Å². The number of H-pyrrole nitrogens is 1. The third kappa shape index (κ3) is 3.54.